The molecular weight excluding hydrogens is 228 g/mol. The molecular formula is C10H20N2O3S. The highest BCUT2D eigenvalue weighted by Gasteiger charge is 2.30. The zero-order valence-electron chi connectivity index (χ0n) is 9.60. The Morgan fingerprint density at radius 2 is 1.25 bits per heavy atom. The van der Waals surface area contributed by atoms with Gasteiger partial charge in [0.2, 0.25) is 0 Å². The van der Waals surface area contributed by atoms with E-state index in [0.717, 1.165) is 25.7 Å². The fourth-order valence-corrected chi connectivity index (χ4v) is 3.87. The quantitative estimate of drug-likeness (QED) is 0.712. The van der Waals surface area contributed by atoms with Crippen LogP contribution in [0.3, 0.4) is 0 Å². The van der Waals surface area contributed by atoms with Gasteiger partial charge in [-0.3, -0.25) is 0 Å². The summed E-state index contributed by atoms with van der Waals surface area (Å²) in [5, 5.41) is 0. The van der Waals surface area contributed by atoms with Crippen molar-refractivity contribution in [3.63, 3.8) is 0 Å². The smallest absolute Gasteiger partial charge is 0.282 e. The number of nitrogens with zero attached hydrogens (tertiary/aromatic N) is 2. The maximum Gasteiger partial charge on any atom is 0.282 e. The average molecular weight is 248 g/mol. The molecule has 0 bridgehead atoms. The second-order valence-electron chi connectivity index (χ2n) is 4.33. The summed E-state index contributed by atoms with van der Waals surface area (Å²) in [6.45, 7) is 3.40. The molecule has 0 amide bonds. The standard InChI is InChI=1S/C10H20N2O3S/c13-16(14,12-7-9-15-10-8-12)11-5-3-1-2-4-6-11/h1-10H2. The van der Waals surface area contributed by atoms with E-state index in [0.29, 0.717) is 39.4 Å². The molecule has 2 aliphatic heterocycles. The highest BCUT2D eigenvalue weighted by atomic mass is 32.2. The third kappa shape index (κ3) is 2.74. The molecule has 6 heteroatoms. The molecule has 0 radical (unpaired) electrons. The Kier molecular flexibility index (Phi) is 4.18. The van der Waals surface area contributed by atoms with Crippen molar-refractivity contribution in [3.8, 4) is 0 Å². The summed E-state index contributed by atoms with van der Waals surface area (Å²) >= 11 is 0. The van der Waals surface area contributed by atoms with E-state index in [-0.39, 0.29) is 0 Å². The largest absolute Gasteiger partial charge is 0.379 e. The minimum atomic E-state index is -3.22. The van der Waals surface area contributed by atoms with Gasteiger partial charge in [-0.05, 0) is 12.8 Å². The van der Waals surface area contributed by atoms with E-state index in [2.05, 4.69) is 0 Å². The third-order valence-electron chi connectivity index (χ3n) is 3.19. The lowest BCUT2D eigenvalue weighted by molar-refractivity contribution is 0.0702. The van der Waals surface area contributed by atoms with E-state index in [1.165, 1.54) is 0 Å². The molecule has 94 valence electrons. The van der Waals surface area contributed by atoms with Gasteiger partial charge in [0, 0.05) is 26.2 Å². The summed E-state index contributed by atoms with van der Waals surface area (Å²) in [7, 11) is -3.22. The van der Waals surface area contributed by atoms with Crippen molar-refractivity contribution in [1.82, 2.24) is 8.61 Å². The lowest BCUT2D eigenvalue weighted by Crippen LogP contribution is -2.48. The summed E-state index contributed by atoms with van der Waals surface area (Å²) in [6.07, 6.45) is 4.28. The third-order valence-corrected chi connectivity index (χ3v) is 5.22. The van der Waals surface area contributed by atoms with Crippen molar-refractivity contribution in [1.29, 1.82) is 0 Å². The van der Waals surface area contributed by atoms with E-state index in [1.807, 2.05) is 0 Å². The molecule has 2 heterocycles. The molecule has 16 heavy (non-hydrogen) atoms. The fraction of sp³-hybridized carbons (Fsp3) is 1.00. The average Bonchev–Trinajstić information content (AvgIpc) is 2.59. The second-order valence-corrected chi connectivity index (χ2v) is 6.26. The van der Waals surface area contributed by atoms with Crippen LogP contribution in [-0.2, 0) is 14.9 Å². The van der Waals surface area contributed by atoms with Crippen LogP contribution in [0.1, 0.15) is 25.7 Å². The van der Waals surface area contributed by atoms with Gasteiger partial charge in [0.15, 0.2) is 0 Å². The Morgan fingerprint density at radius 1 is 0.750 bits per heavy atom. The minimum Gasteiger partial charge on any atom is -0.379 e. The summed E-state index contributed by atoms with van der Waals surface area (Å²) in [5.74, 6) is 0. The number of hydrogen-bond acceptors (Lipinski definition) is 3. The van der Waals surface area contributed by atoms with E-state index in [4.69, 9.17) is 4.74 Å². The van der Waals surface area contributed by atoms with E-state index >= 15 is 0 Å². The molecule has 0 N–H and O–H groups in total. The molecule has 0 spiro atoms. The molecule has 2 saturated heterocycles. The van der Waals surface area contributed by atoms with Gasteiger partial charge in [0.05, 0.1) is 13.2 Å². The van der Waals surface area contributed by atoms with Gasteiger partial charge in [-0.25, -0.2) is 0 Å². The van der Waals surface area contributed by atoms with Crippen molar-refractivity contribution in [2.24, 2.45) is 0 Å². The van der Waals surface area contributed by atoms with Gasteiger partial charge in [-0.15, -0.1) is 0 Å². The summed E-state index contributed by atoms with van der Waals surface area (Å²) in [6, 6.07) is 0. The maximum absolute atomic E-state index is 12.3. The summed E-state index contributed by atoms with van der Waals surface area (Å²) in [5.41, 5.74) is 0. The molecule has 0 aliphatic carbocycles. The lowest BCUT2D eigenvalue weighted by atomic mass is 10.2. The zero-order valence-corrected chi connectivity index (χ0v) is 10.4. The van der Waals surface area contributed by atoms with Crippen LogP contribution in [0.15, 0.2) is 0 Å². The number of morpholine rings is 1. The second kappa shape index (κ2) is 5.44. The normalized spacial score (nSPS) is 26.5. The van der Waals surface area contributed by atoms with Gasteiger partial charge >= 0.3 is 0 Å². The first-order valence-corrected chi connectivity index (χ1v) is 7.44. The fourth-order valence-electron chi connectivity index (χ4n) is 2.21. The molecule has 0 atom stereocenters. The van der Waals surface area contributed by atoms with Crippen LogP contribution < -0.4 is 0 Å². The van der Waals surface area contributed by atoms with Crippen LogP contribution >= 0.6 is 0 Å². The molecule has 0 aromatic heterocycles. The Balaban J connectivity index is 2.03. The van der Waals surface area contributed by atoms with Gasteiger partial charge in [0.25, 0.3) is 10.2 Å². The summed E-state index contributed by atoms with van der Waals surface area (Å²) in [4.78, 5) is 0. The van der Waals surface area contributed by atoms with Crippen LogP contribution in [0.4, 0.5) is 0 Å². The zero-order chi connectivity index (χ0) is 11.4. The number of ether oxygens (including phenoxy) is 1. The molecule has 2 aliphatic rings. The molecule has 2 fully saturated rings. The Morgan fingerprint density at radius 3 is 1.81 bits per heavy atom. The van der Waals surface area contributed by atoms with Crippen LogP contribution in [-0.4, -0.2) is 56.4 Å². The van der Waals surface area contributed by atoms with Crippen molar-refractivity contribution in [2.75, 3.05) is 39.4 Å². The van der Waals surface area contributed by atoms with Crippen LogP contribution in [0.5, 0.6) is 0 Å². The van der Waals surface area contributed by atoms with Gasteiger partial charge in [-0.1, -0.05) is 12.8 Å². The molecule has 0 saturated carbocycles. The maximum atomic E-state index is 12.3. The van der Waals surface area contributed by atoms with Gasteiger partial charge < -0.3 is 4.74 Å². The highest BCUT2D eigenvalue weighted by molar-refractivity contribution is 7.86. The molecule has 0 aromatic rings. The monoisotopic (exact) mass is 248 g/mol. The first kappa shape index (κ1) is 12.3. The van der Waals surface area contributed by atoms with E-state index in [1.54, 1.807) is 8.61 Å². The Bertz CT molecular complexity index is 304. The number of hydrogen-bond donors (Lipinski definition) is 0. The van der Waals surface area contributed by atoms with Crippen molar-refractivity contribution in [3.05, 3.63) is 0 Å². The predicted octanol–water partition coefficient (Wildman–Crippen LogP) is 0.439. The molecule has 0 unspecified atom stereocenters. The lowest BCUT2D eigenvalue weighted by Gasteiger charge is -2.31. The Hall–Kier alpha value is -0.170. The van der Waals surface area contributed by atoms with Gasteiger partial charge in [0.1, 0.15) is 0 Å². The van der Waals surface area contributed by atoms with Crippen LogP contribution in [0, 0.1) is 0 Å². The molecule has 0 aromatic carbocycles. The van der Waals surface area contributed by atoms with Crippen LogP contribution in [0.25, 0.3) is 0 Å². The first-order chi connectivity index (χ1) is 7.71. The Labute approximate surface area is 97.5 Å². The summed E-state index contributed by atoms with van der Waals surface area (Å²) < 4.78 is 33.0. The SMILES string of the molecule is O=S(=O)(N1CCCCCC1)N1CCOCC1. The van der Waals surface area contributed by atoms with Crippen molar-refractivity contribution in [2.45, 2.75) is 25.7 Å². The van der Waals surface area contributed by atoms with E-state index in [9.17, 15) is 8.42 Å². The van der Waals surface area contributed by atoms with Crippen LogP contribution in [0.2, 0.25) is 0 Å². The van der Waals surface area contributed by atoms with E-state index < -0.39 is 10.2 Å². The van der Waals surface area contributed by atoms with Gasteiger partial charge in [-0.2, -0.15) is 17.0 Å². The number of rotatable bonds is 2. The molecule has 2 rings (SSSR count). The van der Waals surface area contributed by atoms with Crippen molar-refractivity contribution >= 4 is 10.2 Å². The topological polar surface area (TPSA) is 49.9 Å². The van der Waals surface area contributed by atoms with Crippen molar-refractivity contribution < 1.29 is 13.2 Å². The highest BCUT2D eigenvalue weighted by Crippen LogP contribution is 2.17. The molecule has 5 nitrogen and oxygen atoms in total. The predicted molar refractivity (Wildman–Crippen MR) is 61.4 cm³/mol. The first-order valence-electron chi connectivity index (χ1n) is 6.04. The minimum absolute atomic E-state index is 0.499.